The molecule has 13 aromatic carbocycles. The third-order valence-electron chi connectivity index (χ3n) is 17.7. The first-order chi connectivity index (χ1) is 56.5. The van der Waals surface area contributed by atoms with Crippen LogP contribution < -0.4 is 0 Å². The SMILES string of the molecule is Brc1cccc(-c2cc(-c3ccccc3)nc(-c3ccccc3)n2)c1.Clc1cc(-c2ccccc2)nc(-c2ccccc2)n1.Clc1nc(-c2ccccc2)nc(-c2cccc3c2ccc2ccccc23)n1.Clc1nc(-c2ccccc2)nc(-c2ccccc2)n1.Clc1nc2ccccc2n2c1nc1ccccc12.Clc1ncccn1. The summed E-state index contributed by atoms with van der Waals surface area (Å²) in [5, 5.41) is 6.26. The molecule has 7 aromatic heterocycles. The van der Waals surface area contributed by atoms with E-state index in [4.69, 9.17) is 73.0 Å². The quantitative estimate of drug-likeness (QED) is 0.0755. The number of hydrogen-bond acceptors (Lipinski definition) is 14. The molecule has 20 rings (SSSR count). The number of fused-ring (bicyclic) bond motifs is 8. The van der Waals surface area contributed by atoms with E-state index in [2.05, 4.69) is 142 Å². The average molecular weight is 1660 g/mol. The number of nitrogens with zero attached hydrogens (tertiary/aromatic N) is 15. The number of benzene rings is 13. The van der Waals surface area contributed by atoms with Gasteiger partial charge in [-0.1, -0.05) is 342 Å². The maximum atomic E-state index is 6.23. The van der Waals surface area contributed by atoms with Gasteiger partial charge in [-0.3, -0.25) is 4.40 Å². The Labute approximate surface area is 695 Å². The Morgan fingerprint density at radius 3 is 1.11 bits per heavy atom. The van der Waals surface area contributed by atoms with Crippen molar-refractivity contribution >= 4 is 123 Å². The lowest BCUT2D eigenvalue weighted by Gasteiger charge is -2.10. The lowest BCUT2D eigenvalue weighted by atomic mass is 9.98. The molecule has 0 fully saturated rings. The van der Waals surface area contributed by atoms with E-state index in [1.165, 1.54) is 16.2 Å². The van der Waals surface area contributed by atoms with Gasteiger partial charge in [0.15, 0.2) is 45.7 Å². The van der Waals surface area contributed by atoms with Gasteiger partial charge in [0.2, 0.25) is 15.9 Å². The van der Waals surface area contributed by atoms with Crippen molar-refractivity contribution < 1.29 is 0 Å². The highest BCUT2D eigenvalue weighted by molar-refractivity contribution is 9.10. The molecule has 0 aliphatic heterocycles. The third kappa shape index (κ3) is 19.4. The van der Waals surface area contributed by atoms with Gasteiger partial charge in [-0.25, -0.2) is 49.8 Å². The summed E-state index contributed by atoms with van der Waals surface area (Å²) in [5.41, 5.74) is 16.1. The highest BCUT2D eigenvalue weighted by Gasteiger charge is 2.17. The smallest absolute Gasteiger partial charge is 0.226 e. The lowest BCUT2D eigenvalue weighted by molar-refractivity contribution is 1.07. The molecular weight excluding hydrogens is 1600 g/mol. The summed E-state index contributed by atoms with van der Waals surface area (Å²) in [6.07, 6.45) is 3.19. The van der Waals surface area contributed by atoms with Gasteiger partial charge in [-0.05, 0) is 105 Å². The summed E-state index contributed by atoms with van der Waals surface area (Å²) in [6.45, 7) is 0. The summed E-state index contributed by atoms with van der Waals surface area (Å²) in [4.78, 5) is 60.9. The predicted molar refractivity (Wildman–Crippen MR) is 470 cm³/mol. The molecule has 115 heavy (non-hydrogen) atoms. The van der Waals surface area contributed by atoms with Crippen molar-refractivity contribution in [1.29, 1.82) is 0 Å². The summed E-state index contributed by atoms with van der Waals surface area (Å²) >= 11 is 33.4. The van der Waals surface area contributed by atoms with Gasteiger partial charge in [0.25, 0.3) is 0 Å². The van der Waals surface area contributed by atoms with Crippen LogP contribution in [0.25, 0.3) is 151 Å². The van der Waals surface area contributed by atoms with Gasteiger partial charge in [0.1, 0.15) is 5.15 Å². The van der Waals surface area contributed by atoms with Gasteiger partial charge in [-0.15, -0.1) is 0 Å². The first-order valence-corrected chi connectivity index (χ1v) is 38.7. The monoisotopic (exact) mass is 1650 g/mol. The number of hydrogen-bond donors (Lipinski definition) is 0. The van der Waals surface area contributed by atoms with Crippen molar-refractivity contribution in [3.05, 3.63) is 401 Å². The van der Waals surface area contributed by atoms with Crippen molar-refractivity contribution in [3.8, 4) is 102 Å². The largest absolute Gasteiger partial charge is 0.288 e. The maximum absolute atomic E-state index is 6.23. The van der Waals surface area contributed by atoms with Crippen LogP contribution in [0.2, 0.25) is 26.2 Å². The maximum Gasteiger partial charge on any atom is 0.226 e. The summed E-state index contributed by atoms with van der Waals surface area (Å²) in [7, 11) is 0. The Morgan fingerprint density at radius 1 is 0.243 bits per heavy atom. The van der Waals surface area contributed by atoms with Gasteiger partial charge in [-0.2, -0.15) is 19.9 Å². The molecule has 0 saturated heterocycles. The molecule has 21 heteroatoms. The van der Waals surface area contributed by atoms with Crippen LogP contribution in [0, 0.1) is 0 Å². The minimum absolute atomic E-state index is 0.191. The minimum atomic E-state index is 0.191. The Morgan fingerprint density at radius 2 is 0.626 bits per heavy atom. The van der Waals surface area contributed by atoms with Crippen LogP contribution in [0.3, 0.4) is 0 Å². The predicted octanol–water partition coefficient (Wildman–Crippen LogP) is 25.5. The second-order valence-electron chi connectivity index (χ2n) is 25.3. The zero-order chi connectivity index (χ0) is 78.7. The van der Waals surface area contributed by atoms with E-state index < -0.39 is 0 Å². The van der Waals surface area contributed by atoms with Crippen molar-refractivity contribution in [2.24, 2.45) is 0 Å². The van der Waals surface area contributed by atoms with Gasteiger partial charge in [0, 0.05) is 73.0 Å². The zero-order valence-electron chi connectivity index (χ0n) is 60.7. The normalized spacial score (nSPS) is 10.7. The molecular formula is C94H61BrCl5N15. The fourth-order valence-corrected chi connectivity index (χ4v) is 13.6. The minimum Gasteiger partial charge on any atom is -0.288 e. The van der Waals surface area contributed by atoms with Crippen molar-refractivity contribution in [3.63, 3.8) is 0 Å². The molecule has 0 saturated carbocycles. The molecule has 0 aliphatic rings. The van der Waals surface area contributed by atoms with Crippen LogP contribution in [0.4, 0.5) is 0 Å². The average Bonchev–Trinajstić information content (AvgIpc) is 1.63. The fourth-order valence-electron chi connectivity index (χ4n) is 12.4. The van der Waals surface area contributed by atoms with Gasteiger partial charge < -0.3 is 0 Å². The molecule has 0 N–H and O–H groups in total. The van der Waals surface area contributed by atoms with Crippen LogP contribution in [0.15, 0.2) is 375 Å². The molecule has 7 heterocycles. The van der Waals surface area contributed by atoms with E-state index in [0.717, 1.165) is 105 Å². The highest BCUT2D eigenvalue weighted by Crippen LogP contribution is 2.35. The number of aromatic nitrogens is 15. The van der Waals surface area contributed by atoms with Crippen molar-refractivity contribution in [2.45, 2.75) is 0 Å². The Balaban J connectivity index is 0.000000111. The van der Waals surface area contributed by atoms with Crippen molar-refractivity contribution in [2.75, 3.05) is 0 Å². The van der Waals surface area contributed by atoms with E-state index in [-0.39, 0.29) is 10.6 Å². The molecule has 0 amide bonds. The number of halogens is 6. The van der Waals surface area contributed by atoms with E-state index in [0.29, 0.717) is 50.4 Å². The molecule has 20 aromatic rings. The molecule has 0 bridgehead atoms. The van der Waals surface area contributed by atoms with Crippen LogP contribution in [0.1, 0.15) is 0 Å². The molecule has 0 unspecified atom stereocenters. The zero-order valence-corrected chi connectivity index (χ0v) is 66.1. The van der Waals surface area contributed by atoms with E-state index in [1.54, 1.807) is 24.5 Å². The van der Waals surface area contributed by atoms with E-state index >= 15 is 0 Å². The molecule has 0 atom stereocenters. The van der Waals surface area contributed by atoms with E-state index in [9.17, 15) is 0 Å². The van der Waals surface area contributed by atoms with Gasteiger partial charge in [0.05, 0.1) is 39.1 Å². The molecule has 0 spiro atoms. The van der Waals surface area contributed by atoms with Crippen LogP contribution in [0.5, 0.6) is 0 Å². The number of imidazole rings is 1. The second kappa shape index (κ2) is 37.4. The summed E-state index contributed by atoms with van der Waals surface area (Å²) < 4.78 is 3.09. The first-order valence-electron chi connectivity index (χ1n) is 36.0. The van der Waals surface area contributed by atoms with Crippen LogP contribution >= 0.6 is 73.9 Å². The van der Waals surface area contributed by atoms with Crippen molar-refractivity contribution in [1.82, 2.24) is 74.2 Å². The molecule has 15 nitrogen and oxygen atoms in total. The fraction of sp³-hybridized carbons (Fsp3) is 0. The summed E-state index contributed by atoms with van der Waals surface area (Å²) in [5.74, 6) is 3.70. The topological polar surface area (TPSA) is 185 Å². The third-order valence-corrected chi connectivity index (χ3v) is 19.2. The Kier molecular flexibility index (Phi) is 25.0. The Hall–Kier alpha value is -13.3. The molecule has 0 aliphatic carbocycles. The highest BCUT2D eigenvalue weighted by atomic mass is 79.9. The van der Waals surface area contributed by atoms with Gasteiger partial charge >= 0.3 is 0 Å². The second-order valence-corrected chi connectivity index (χ2v) is 28.0. The number of para-hydroxylation sites is 4. The first kappa shape index (κ1) is 77.0. The Bertz CT molecular complexity index is 6380. The standard InChI is InChI=1S/C23H14ClN3.C22H15BrN2.C16H11ClN2.C15H10ClN3.C14H8ClN3.C4H3ClN2/c24-23-26-21(16-8-2-1-3-9-16)25-22(27-23)20-12-6-11-18-17-10-5-4-7-15(17)13-14-19(18)20;23-19-13-7-12-18(14-19)21-15-20(16-8-3-1-4-9-16)24-22(25-21)17-10-5-2-6-11-17;17-15-11-14(12-7-3-1-4-8-12)18-16(19-15)13-9-5-2-6-10-13;16-15-18-13(11-7-3-1-4-8-11)17-14(19-15)12-9-5-2-6-10-12;15-13-14-17-10-6-2-4-8-12(10)18(14)11-7-3-1-5-9(11)16-13;5-4-6-2-1-3-7-4/h1-14H;1-15H;1-11H;1-10H;1-8H;1-3H. The van der Waals surface area contributed by atoms with Crippen LogP contribution in [-0.2, 0) is 0 Å². The summed E-state index contributed by atoms with van der Waals surface area (Å²) in [6, 6.07) is 118. The molecule has 0 radical (unpaired) electrons. The van der Waals surface area contributed by atoms with Crippen LogP contribution in [-0.4, -0.2) is 74.2 Å². The number of rotatable bonds is 9. The lowest BCUT2D eigenvalue weighted by Crippen LogP contribution is -1.97. The van der Waals surface area contributed by atoms with E-state index in [1.807, 2.05) is 279 Å². The molecule has 554 valence electrons.